The summed E-state index contributed by atoms with van der Waals surface area (Å²) in [5.74, 6) is 0.444. The average Bonchev–Trinajstić information content (AvgIpc) is 2.69. The molecule has 0 aliphatic rings. The highest BCUT2D eigenvalue weighted by Crippen LogP contribution is 2.25. The van der Waals surface area contributed by atoms with Gasteiger partial charge in [0.1, 0.15) is 5.75 Å². The number of benzene rings is 2. The molecule has 0 radical (unpaired) electrons. The van der Waals surface area contributed by atoms with E-state index < -0.39 is 10.0 Å². The van der Waals surface area contributed by atoms with Gasteiger partial charge in [0.15, 0.2) is 6.61 Å². The summed E-state index contributed by atoms with van der Waals surface area (Å²) >= 11 is 0. The van der Waals surface area contributed by atoms with Crippen molar-refractivity contribution in [3.05, 3.63) is 54.1 Å². The molecule has 0 aromatic heterocycles. The number of hydrogen-bond acceptors (Lipinski definition) is 4. The van der Waals surface area contributed by atoms with Crippen LogP contribution in [0.2, 0.25) is 0 Å². The first kappa shape index (κ1) is 21.8. The number of ether oxygens (including phenoxy) is 1. The maximum absolute atomic E-state index is 13.0. The molecular formula is C21H28N2O4S. The zero-order valence-corrected chi connectivity index (χ0v) is 17.7. The van der Waals surface area contributed by atoms with Gasteiger partial charge in [-0.2, -0.15) is 0 Å². The van der Waals surface area contributed by atoms with Crippen molar-refractivity contribution in [3.63, 3.8) is 0 Å². The van der Waals surface area contributed by atoms with Crippen molar-refractivity contribution in [1.82, 2.24) is 4.90 Å². The van der Waals surface area contributed by atoms with Gasteiger partial charge in [-0.25, -0.2) is 8.42 Å². The molecule has 2 aromatic rings. The summed E-state index contributed by atoms with van der Waals surface area (Å²) in [7, 11) is -3.65. The van der Waals surface area contributed by atoms with Crippen molar-refractivity contribution in [2.75, 3.05) is 30.5 Å². The molecule has 0 aliphatic heterocycles. The minimum absolute atomic E-state index is 0.0415. The third-order valence-electron chi connectivity index (χ3n) is 4.50. The lowest BCUT2D eigenvalue weighted by atomic mass is 10.2. The van der Waals surface area contributed by atoms with E-state index in [1.165, 1.54) is 4.31 Å². The summed E-state index contributed by atoms with van der Waals surface area (Å²) in [5, 5.41) is 0. The Morgan fingerprint density at radius 3 is 1.96 bits per heavy atom. The predicted molar refractivity (Wildman–Crippen MR) is 111 cm³/mol. The van der Waals surface area contributed by atoms with E-state index in [4.69, 9.17) is 4.74 Å². The molecule has 6 nitrogen and oxygen atoms in total. The van der Waals surface area contributed by atoms with Gasteiger partial charge < -0.3 is 9.64 Å². The Labute approximate surface area is 167 Å². The SMILES string of the molecule is CCN(CC)C(=O)COc1ccc(N(CC)S(=O)(=O)c2ccc(C)cc2)cc1. The highest BCUT2D eigenvalue weighted by Gasteiger charge is 2.23. The van der Waals surface area contributed by atoms with Gasteiger partial charge in [-0.15, -0.1) is 0 Å². The van der Waals surface area contributed by atoms with Crippen LogP contribution < -0.4 is 9.04 Å². The second-order valence-corrected chi connectivity index (χ2v) is 8.19. The smallest absolute Gasteiger partial charge is 0.264 e. The number of sulfonamides is 1. The van der Waals surface area contributed by atoms with Crippen LogP contribution in [0.5, 0.6) is 5.75 Å². The molecule has 28 heavy (non-hydrogen) atoms. The summed E-state index contributed by atoms with van der Waals surface area (Å²) < 4.78 is 32.8. The first-order chi connectivity index (χ1) is 13.3. The molecule has 0 heterocycles. The molecule has 152 valence electrons. The monoisotopic (exact) mass is 404 g/mol. The van der Waals surface area contributed by atoms with Crippen molar-refractivity contribution in [3.8, 4) is 5.75 Å². The van der Waals surface area contributed by atoms with E-state index in [-0.39, 0.29) is 17.4 Å². The van der Waals surface area contributed by atoms with Crippen LogP contribution in [0.1, 0.15) is 26.3 Å². The third-order valence-corrected chi connectivity index (χ3v) is 6.42. The fourth-order valence-corrected chi connectivity index (χ4v) is 4.32. The molecule has 0 unspecified atom stereocenters. The normalized spacial score (nSPS) is 11.1. The quantitative estimate of drug-likeness (QED) is 0.642. The zero-order valence-electron chi connectivity index (χ0n) is 16.9. The van der Waals surface area contributed by atoms with Crippen molar-refractivity contribution in [2.24, 2.45) is 0 Å². The second kappa shape index (κ2) is 9.59. The van der Waals surface area contributed by atoms with Crippen LogP contribution >= 0.6 is 0 Å². The second-order valence-electron chi connectivity index (χ2n) is 6.33. The summed E-state index contributed by atoms with van der Waals surface area (Å²) in [6.07, 6.45) is 0. The highest BCUT2D eigenvalue weighted by molar-refractivity contribution is 7.92. The van der Waals surface area contributed by atoms with Crippen molar-refractivity contribution in [1.29, 1.82) is 0 Å². The van der Waals surface area contributed by atoms with E-state index in [1.54, 1.807) is 60.4 Å². The van der Waals surface area contributed by atoms with E-state index in [0.717, 1.165) is 5.56 Å². The van der Waals surface area contributed by atoms with E-state index in [9.17, 15) is 13.2 Å². The van der Waals surface area contributed by atoms with E-state index >= 15 is 0 Å². The van der Waals surface area contributed by atoms with Gasteiger partial charge in [0.2, 0.25) is 0 Å². The average molecular weight is 405 g/mol. The van der Waals surface area contributed by atoms with E-state index in [0.29, 0.717) is 31.1 Å². The number of hydrogen-bond donors (Lipinski definition) is 0. The van der Waals surface area contributed by atoms with E-state index in [2.05, 4.69) is 0 Å². The Morgan fingerprint density at radius 2 is 1.46 bits per heavy atom. The largest absolute Gasteiger partial charge is 0.484 e. The summed E-state index contributed by atoms with van der Waals surface area (Å²) in [5.41, 5.74) is 1.55. The fourth-order valence-electron chi connectivity index (χ4n) is 2.85. The molecule has 7 heteroatoms. The number of rotatable bonds is 9. The highest BCUT2D eigenvalue weighted by atomic mass is 32.2. The lowest BCUT2D eigenvalue weighted by molar-refractivity contribution is -0.132. The third kappa shape index (κ3) is 5.04. The van der Waals surface area contributed by atoms with Crippen LogP contribution in [0.3, 0.4) is 0 Å². The van der Waals surface area contributed by atoms with Gasteiger partial charge in [-0.1, -0.05) is 17.7 Å². The topological polar surface area (TPSA) is 66.9 Å². The van der Waals surface area contributed by atoms with Gasteiger partial charge >= 0.3 is 0 Å². The van der Waals surface area contributed by atoms with E-state index in [1.807, 2.05) is 20.8 Å². The van der Waals surface area contributed by atoms with Crippen molar-refractivity contribution < 1.29 is 17.9 Å². The number of carbonyl (C=O) groups excluding carboxylic acids is 1. The number of likely N-dealkylation sites (N-methyl/N-ethyl adjacent to an activating group) is 1. The van der Waals surface area contributed by atoms with Crippen LogP contribution in [0.25, 0.3) is 0 Å². The van der Waals surface area contributed by atoms with Gasteiger partial charge in [-0.05, 0) is 64.1 Å². The molecule has 0 saturated heterocycles. The maximum atomic E-state index is 13.0. The number of nitrogens with zero attached hydrogens (tertiary/aromatic N) is 2. The molecular weight excluding hydrogens is 376 g/mol. The molecule has 0 spiro atoms. The van der Waals surface area contributed by atoms with Gasteiger partial charge in [-0.3, -0.25) is 9.10 Å². The fraction of sp³-hybridized carbons (Fsp3) is 0.381. The Bertz CT molecular complexity index is 874. The number of amides is 1. The summed E-state index contributed by atoms with van der Waals surface area (Å²) in [4.78, 5) is 14.0. The maximum Gasteiger partial charge on any atom is 0.264 e. The first-order valence-electron chi connectivity index (χ1n) is 9.43. The van der Waals surface area contributed by atoms with Crippen LogP contribution in [0, 0.1) is 6.92 Å². The lowest BCUT2D eigenvalue weighted by Gasteiger charge is -2.23. The Morgan fingerprint density at radius 1 is 0.893 bits per heavy atom. The molecule has 1 amide bonds. The Kier molecular flexibility index (Phi) is 7.45. The summed E-state index contributed by atoms with van der Waals surface area (Å²) in [6.45, 7) is 9.08. The molecule has 2 rings (SSSR count). The molecule has 0 saturated carbocycles. The van der Waals surface area contributed by atoms with Gasteiger partial charge in [0, 0.05) is 19.6 Å². The minimum atomic E-state index is -3.65. The number of anilines is 1. The molecule has 0 atom stereocenters. The number of carbonyl (C=O) groups is 1. The Balaban J connectivity index is 2.14. The minimum Gasteiger partial charge on any atom is -0.484 e. The summed E-state index contributed by atoms with van der Waals surface area (Å²) in [6, 6.07) is 13.5. The van der Waals surface area contributed by atoms with Crippen LogP contribution in [-0.2, 0) is 14.8 Å². The standard InChI is InChI=1S/C21H28N2O4S/c1-5-22(6-2)21(24)16-27-19-12-10-18(11-13-19)23(7-3)28(25,26)20-14-8-17(4)9-15-20/h8-15H,5-7,16H2,1-4H3. The zero-order chi connectivity index (χ0) is 20.7. The van der Waals surface area contributed by atoms with Crippen molar-refractivity contribution in [2.45, 2.75) is 32.6 Å². The first-order valence-corrected chi connectivity index (χ1v) is 10.9. The predicted octanol–water partition coefficient (Wildman–Crippen LogP) is 3.46. The molecule has 0 bridgehead atoms. The molecule has 2 aromatic carbocycles. The molecule has 0 aliphatic carbocycles. The van der Waals surface area contributed by atoms with Crippen LogP contribution in [0.4, 0.5) is 5.69 Å². The van der Waals surface area contributed by atoms with Gasteiger partial charge in [0.05, 0.1) is 10.6 Å². The molecule has 0 N–H and O–H groups in total. The lowest BCUT2D eigenvalue weighted by Crippen LogP contribution is -2.34. The van der Waals surface area contributed by atoms with Gasteiger partial charge in [0.25, 0.3) is 15.9 Å². The van der Waals surface area contributed by atoms with Crippen molar-refractivity contribution >= 4 is 21.6 Å². The molecule has 0 fully saturated rings. The Hall–Kier alpha value is -2.54. The van der Waals surface area contributed by atoms with Crippen LogP contribution in [0.15, 0.2) is 53.4 Å². The van der Waals surface area contributed by atoms with Crippen LogP contribution in [-0.4, -0.2) is 45.5 Å². The number of aryl methyl sites for hydroxylation is 1.